The van der Waals surface area contributed by atoms with Gasteiger partial charge in [0.2, 0.25) is 5.91 Å². The highest BCUT2D eigenvalue weighted by Gasteiger charge is 2.24. The topological polar surface area (TPSA) is 46.3 Å². The Kier molecular flexibility index (Phi) is 2.25. The van der Waals surface area contributed by atoms with Crippen molar-refractivity contribution in [1.29, 1.82) is 0 Å². The van der Waals surface area contributed by atoms with Crippen LogP contribution in [-0.2, 0) is 11.2 Å². The van der Waals surface area contributed by atoms with Gasteiger partial charge in [0.05, 0.1) is 6.04 Å². The summed E-state index contributed by atoms with van der Waals surface area (Å²) in [7, 11) is 1.78. The molecule has 3 heteroatoms. The lowest BCUT2D eigenvalue weighted by atomic mass is 10.1. The van der Waals surface area contributed by atoms with Crippen LogP contribution in [0.5, 0.6) is 0 Å². The number of likely N-dealkylation sites (N-methyl/N-ethyl adjacent to an activating group) is 1. The Morgan fingerprint density at radius 1 is 1.43 bits per heavy atom. The molecule has 1 unspecified atom stereocenters. The van der Waals surface area contributed by atoms with Crippen molar-refractivity contribution in [1.82, 2.24) is 0 Å². The maximum atomic E-state index is 11.7. The minimum Gasteiger partial charge on any atom is -0.320 e. The maximum Gasteiger partial charge on any atom is 0.243 e. The van der Waals surface area contributed by atoms with Crippen LogP contribution in [0.15, 0.2) is 24.3 Å². The van der Waals surface area contributed by atoms with E-state index in [0.29, 0.717) is 0 Å². The summed E-state index contributed by atoms with van der Waals surface area (Å²) in [6, 6.07) is 7.60. The van der Waals surface area contributed by atoms with Crippen LogP contribution in [-0.4, -0.2) is 19.0 Å². The van der Waals surface area contributed by atoms with Gasteiger partial charge in [-0.05, 0) is 24.5 Å². The van der Waals surface area contributed by atoms with Gasteiger partial charge in [0.15, 0.2) is 0 Å². The summed E-state index contributed by atoms with van der Waals surface area (Å²) in [6.45, 7) is 0. The predicted molar refractivity (Wildman–Crippen MR) is 56.1 cm³/mol. The number of aryl methyl sites for hydroxylation is 1. The number of rotatable bonds is 0. The Bertz CT molecular complexity index is 362. The van der Waals surface area contributed by atoms with Gasteiger partial charge in [-0.25, -0.2) is 0 Å². The van der Waals surface area contributed by atoms with Crippen LogP contribution >= 0.6 is 0 Å². The zero-order chi connectivity index (χ0) is 10.1. The van der Waals surface area contributed by atoms with Crippen LogP contribution < -0.4 is 10.6 Å². The maximum absolute atomic E-state index is 11.7. The van der Waals surface area contributed by atoms with E-state index >= 15 is 0 Å². The number of nitrogens with two attached hydrogens (primary N) is 1. The first-order valence-electron chi connectivity index (χ1n) is 4.81. The summed E-state index contributed by atoms with van der Waals surface area (Å²) in [6.07, 6.45) is 1.62. The molecule has 2 rings (SSSR count). The molecule has 0 aromatic heterocycles. The molecule has 0 saturated carbocycles. The Morgan fingerprint density at radius 3 is 2.93 bits per heavy atom. The minimum atomic E-state index is -0.354. The van der Waals surface area contributed by atoms with Crippen LogP contribution in [0.4, 0.5) is 5.69 Å². The molecule has 2 N–H and O–H groups in total. The van der Waals surface area contributed by atoms with Gasteiger partial charge < -0.3 is 10.6 Å². The molecule has 1 heterocycles. The molecule has 1 atom stereocenters. The van der Waals surface area contributed by atoms with E-state index in [1.807, 2.05) is 18.2 Å². The molecule has 1 amide bonds. The quantitative estimate of drug-likeness (QED) is 0.661. The van der Waals surface area contributed by atoms with Crippen LogP contribution in [0.25, 0.3) is 0 Å². The Balaban J connectivity index is 2.45. The average molecular weight is 190 g/mol. The van der Waals surface area contributed by atoms with Gasteiger partial charge in [0, 0.05) is 12.7 Å². The molecule has 1 aliphatic rings. The van der Waals surface area contributed by atoms with Crippen LogP contribution in [0, 0.1) is 0 Å². The van der Waals surface area contributed by atoms with Crippen LogP contribution in [0.3, 0.4) is 0 Å². The first kappa shape index (κ1) is 9.21. The fourth-order valence-corrected chi connectivity index (χ4v) is 1.85. The number of carbonyl (C=O) groups is 1. The van der Waals surface area contributed by atoms with Gasteiger partial charge in [-0.2, -0.15) is 0 Å². The summed E-state index contributed by atoms with van der Waals surface area (Å²) in [4.78, 5) is 13.4. The van der Waals surface area contributed by atoms with Gasteiger partial charge >= 0.3 is 0 Å². The van der Waals surface area contributed by atoms with Gasteiger partial charge in [-0.15, -0.1) is 0 Å². The lowest BCUT2D eigenvalue weighted by molar-refractivity contribution is -0.119. The second-order valence-electron chi connectivity index (χ2n) is 3.67. The van der Waals surface area contributed by atoms with E-state index < -0.39 is 0 Å². The van der Waals surface area contributed by atoms with E-state index in [1.54, 1.807) is 11.9 Å². The third kappa shape index (κ3) is 1.40. The number of fused-ring (bicyclic) bond motifs is 1. The number of hydrogen-bond acceptors (Lipinski definition) is 2. The van der Waals surface area contributed by atoms with Gasteiger partial charge in [0.25, 0.3) is 0 Å². The first-order chi connectivity index (χ1) is 6.70. The highest BCUT2D eigenvalue weighted by atomic mass is 16.2. The van der Waals surface area contributed by atoms with Gasteiger partial charge in [0.1, 0.15) is 0 Å². The second-order valence-corrected chi connectivity index (χ2v) is 3.67. The van der Waals surface area contributed by atoms with Crippen molar-refractivity contribution in [3.05, 3.63) is 29.8 Å². The van der Waals surface area contributed by atoms with Crippen molar-refractivity contribution in [2.45, 2.75) is 18.9 Å². The number of amides is 1. The Labute approximate surface area is 83.5 Å². The fourth-order valence-electron chi connectivity index (χ4n) is 1.85. The van der Waals surface area contributed by atoms with E-state index in [2.05, 4.69) is 6.07 Å². The molecule has 74 valence electrons. The Hall–Kier alpha value is -1.35. The van der Waals surface area contributed by atoms with E-state index in [-0.39, 0.29) is 11.9 Å². The molecule has 0 radical (unpaired) electrons. The summed E-state index contributed by atoms with van der Waals surface area (Å²) < 4.78 is 0. The lowest BCUT2D eigenvalue weighted by Gasteiger charge is -2.18. The molecule has 1 aromatic carbocycles. The predicted octanol–water partition coefficient (Wildman–Crippen LogP) is 0.923. The molecule has 0 aliphatic carbocycles. The highest BCUT2D eigenvalue weighted by molar-refractivity contribution is 5.97. The number of anilines is 1. The molecule has 14 heavy (non-hydrogen) atoms. The van der Waals surface area contributed by atoms with E-state index in [0.717, 1.165) is 18.5 Å². The highest BCUT2D eigenvalue weighted by Crippen LogP contribution is 2.24. The van der Waals surface area contributed by atoms with E-state index in [1.165, 1.54) is 5.56 Å². The summed E-state index contributed by atoms with van der Waals surface area (Å²) >= 11 is 0. The second kappa shape index (κ2) is 3.42. The van der Waals surface area contributed by atoms with Crippen molar-refractivity contribution in [2.24, 2.45) is 5.73 Å². The van der Waals surface area contributed by atoms with Crippen LogP contribution in [0.1, 0.15) is 12.0 Å². The van der Waals surface area contributed by atoms with E-state index in [9.17, 15) is 4.79 Å². The SMILES string of the molecule is CN1C(=O)C(N)CCc2ccccc21. The zero-order valence-corrected chi connectivity index (χ0v) is 8.23. The lowest BCUT2D eigenvalue weighted by Crippen LogP contribution is -2.40. The fraction of sp³-hybridized carbons (Fsp3) is 0.364. The van der Waals surface area contributed by atoms with Gasteiger partial charge in [-0.3, -0.25) is 4.79 Å². The molecule has 0 fully saturated rings. The van der Waals surface area contributed by atoms with Crippen molar-refractivity contribution < 1.29 is 4.79 Å². The normalized spacial score (nSPS) is 21.7. The largest absolute Gasteiger partial charge is 0.320 e. The smallest absolute Gasteiger partial charge is 0.243 e. The van der Waals surface area contributed by atoms with Crippen molar-refractivity contribution in [3.63, 3.8) is 0 Å². The first-order valence-corrected chi connectivity index (χ1v) is 4.81. The van der Waals surface area contributed by atoms with E-state index in [4.69, 9.17) is 5.73 Å². The summed E-state index contributed by atoms with van der Waals surface area (Å²) in [5, 5.41) is 0. The third-order valence-corrected chi connectivity index (χ3v) is 2.73. The van der Waals surface area contributed by atoms with Gasteiger partial charge in [-0.1, -0.05) is 18.2 Å². The molecule has 0 spiro atoms. The molecular weight excluding hydrogens is 176 g/mol. The zero-order valence-electron chi connectivity index (χ0n) is 8.23. The minimum absolute atomic E-state index is 0.00921. The standard InChI is InChI=1S/C11H14N2O/c1-13-10-5-3-2-4-8(10)6-7-9(12)11(13)14/h2-5,9H,6-7,12H2,1H3. The number of nitrogens with zero attached hydrogens (tertiary/aromatic N) is 1. The average Bonchev–Trinajstić information content (AvgIpc) is 2.32. The molecule has 1 aromatic rings. The van der Waals surface area contributed by atoms with Crippen LogP contribution in [0.2, 0.25) is 0 Å². The number of hydrogen-bond donors (Lipinski definition) is 1. The molecule has 3 nitrogen and oxygen atoms in total. The summed E-state index contributed by atoms with van der Waals surface area (Å²) in [5.41, 5.74) is 7.95. The van der Waals surface area contributed by atoms with Crippen molar-refractivity contribution in [2.75, 3.05) is 11.9 Å². The number of carbonyl (C=O) groups excluding carboxylic acids is 1. The van der Waals surface area contributed by atoms with Crippen molar-refractivity contribution in [3.8, 4) is 0 Å². The number of benzene rings is 1. The molecule has 0 saturated heterocycles. The van der Waals surface area contributed by atoms with Crippen molar-refractivity contribution >= 4 is 11.6 Å². The molecule has 0 bridgehead atoms. The molecule has 1 aliphatic heterocycles. The monoisotopic (exact) mass is 190 g/mol. The summed E-state index contributed by atoms with van der Waals surface area (Å²) in [5.74, 6) is 0.00921. The molecular formula is C11H14N2O. The third-order valence-electron chi connectivity index (χ3n) is 2.73. The number of para-hydroxylation sites is 1. The Morgan fingerprint density at radius 2 is 2.14 bits per heavy atom.